The van der Waals surface area contributed by atoms with E-state index in [0.29, 0.717) is 54.0 Å². The number of ether oxygens (including phenoxy) is 2. The number of hydrogen-bond donors (Lipinski definition) is 0. The maximum atomic E-state index is 15.3. The third kappa shape index (κ3) is 3.77. The molecule has 2 heterocycles. The Hall–Kier alpha value is -2.01. The first-order valence-corrected chi connectivity index (χ1v) is 10.6. The topological polar surface area (TPSA) is 18.5 Å². The highest BCUT2D eigenvalue weighted by Gasteiger charge is 2.31. The molecule has 2 aliphatic heterocycles. The molecule has 0 amide bonds. The summed E-state index contributed by atoms with van der Waals surface area (Å²) in [6, 6.07) is 5.21. The molecule has 2 aromatic carbocycles. The molecule has 2 nitrogen and oxygen atoms in total. The Kier molecular flexibility index (Phi) is 5.86. The molecule has 2 aromatic rings. The molecule has 0 aliphatic carbocycles. The van der Waals surface area contributed by atoms with Gasteiger partial charge in [0, 0.05) is 23.1 Å². The van der Waals surface area contributed by atoms with Gasteiger partial charge >= 0.3 is 0 Å². The fourth-order valence-corrected chi connectivity index (χ4v) is 4.52. The zero-order valence-corrected chi connectivity index (χ0v) is 17.0. The van der Waals surface area contributed by atoms with Gasteiger partial charge in [0.25, 0.3) is 0 Å². The van der Waals surface area contributed by atoms with Crippen LogP contribution in [-0.4, -0.2) is 6.61 Å². The van der Waals surface area contributed by atoms with Crippen LogP contribution in [0.1, 0.15) is 74.3 Å². The van der Waals surface area contributed by atoms with Crippen molar-refractivity contribution in [2.75, 3.05) is 6.61 Å². The van der Waals surface area contributed by atoms with Crippen molar-refractivity contribution in [3.05, 3.63) is 57.9 Å². The Morgan fingerprint density at radius 3 is 2.41 bits per heavy atom. The first-order valence-electron chi connectivity index (χ1n) is 10.6. The van der Waals surface area contributed by atoms with Gasteiger partial charge in [0.1, 0.15) is 0 Å². The molecule has 29 heavy (non-hydrogen) atoms. The van der Waals surface area contributed by atoms with E-state index >= 15 is 4.39 Å². The standard InChI is InChI=1S/C24H27F3O2/c1-3-5-14-7-10-19(28-13-14)18-9-8-16-12-17-11-15(6-4-2)20(25)22(27)24(17)29-23(16)21(18)26/h8-9,11,14,19H,3-7,10,12-13H2,1-2H3. The third-order valence-corrected chi connectivity index (χ3v) is 6.04. The summed E-state index contributed by atoms with van der Waals surface area (Å²) in [5.41, 5.74) is 1.98. The molecule has 0 bridgehead atoms. The molecule has 5 heteroatoms. The van der Waals surface area contributed by atoms with E-state index in [1.165, 1.54) is 0 Å². The van der Waals surface area contributed by atoms with Crippen LogP contribution in [0.4, 0.5) is 13.2 Å². The first-order chi connectivity index (χ1) is 14.0. The number of aryl methyl sites for hydroxylation is 1. The second-order valence-electron chi connectivity index (χ2n) is 8.19. The van der Waals surface area contributed by atoms with Crippen LogP contribution in [0.3, 0.4) is 0 Å². The minimum absolute atomic E-state index is 0.00387. The van der Waals surface area contributed by atoms with E-state index in [0.717, 1.165) is 25.7 Å². The molecule has 2 aliphatic rings. The Balaban J connectivity index is 1.62. The number of halogens is 3. The number of fused-ring (bicyclic) bond motifs is 2. The lowest BCUT2D eigenvalue weighted by Gasteiger charge is -2.30. The van der Waals surface area contributed by atoms with Crippen LogP contribution in [0.2, 0.25) is 0 Å². The lowest BCUT2D eigenvalue weighted by molar-refractivity contribution is -0.0213. The Morgan fingerprint density at radius 2 is 1.72 bits per heavy atom. The lowest BCUT2D eigenvalue weighted by Crippen LogP contribution is -2.21. The van der Waals surface area contributed by atoms with E-state index in [2.05, 4.69) is 6.92 Å². The second-order valence-corrected chi connectivity index (χ2v) is 8.19. The first kappa shape index (κ1) is 20.3. The van der Waals surface area contributed by atoms with Gasteiger partial charge in [-0.15, -0.1) is 0 Å². The summed E-state index contributed by atoms with van der Waals surface area (Å²) in [5, 5.41) is 0. The van der Waals surface area contributed by atoms with Crippen molar-refractivity contribution in [2.45, 2.75) is 64.9 Å². The summed E-state index contributed by atoms with van der Waals surface area (Å²) in [6.07, 6.45) is 5.14. The molecule has 1 fully saturated rings. The maximum Gasteiger partial charge on any atom is 0.201 e. The van der Waals surface area contributed by atoms with Crippen molar-refractivity contribution < 1.29 is 22.6 Å². The van der Waals surface area contributed by atoms with Gasteiger partial charge in [0.15, 0.2) is 23.1 Å². The predicted molar refractivity (Wildman–Crippen MR) is 106 cm³/mol. The van der Waals surface area contributed by atoms with Gasteiger partial charge in [0.2, 0.25) is 5.82 Å². The lowest BCUT2D eigenvalue weighted by atomic mass is 9.90. The van der Waals surface area contributed by atoms with E-state index < -0.39 is 17.5 Å². The molecule has 0 saturated carbocycles. The fourth-order valence-electron chi connectivity index (χ4n) is 4.52. The smallest absolute Gasteiger partial charge is 0.201 e. The molecule has 0 aromatic heterocycles. The third-order valence-electron chi connectivity index (χ3n) is 6.04. The van der Waals surface area contributed by atoms with E-state index in [1.54, 1.807) is 12.1 Å². The van der Waals surface area contributed by atoms with Crippen LogP contribution in [0.25, 0.3) is 0 Å². The average molecular weight is 404 g/mol. The van der Waals surface area contributed by atoms with E-state index in [9.17, 15) is 8.78 Å². The van der Waals surface area contributed by atoms with E-state index in [1.807, 2.05) is 13.0 Å². The molecular weight excluding hydrogens is 377 g/mol. The van der Waals surface area contributed by atoms with Crippen LogP contribution in [0.5, 0.6) is 11.5 Å². The maximum absolute atomic E-state index is 15.3. The van der Waals surface area contributed by atoms with Crippen LogP contribution in [-0.2, 0) is 17.6 Å². The Bertz CT molecular complexity index is 902. The molecule has 1 saturated heterocycles. The van der Waals surface area contributed by atoms with Crippen molar-refractivity contribution >= 4 is 0 Å². The van der Waals surface area contributed by atoms with Crippen molar-refractivity contribution in [2.24, 2.45) is 5.92 Å². The normalized spacial score (nSPS) is 20.7. The van der Waals surface area contributed by atoms with Gasteiger partial charge in [-0.2, -0.15) is 4.39 Å². The minimum atomic E-state index is -1.03. The second kappa shape index (κ2) is 8.39. The van der Waals surface area contributed by atoms with Crippen LogP contribution >= 0.6 is 0 Å². The van der Waals surface area contributed by atoms with Crippen molar-refractivity contribution in [3.8, 4) is 11.5 Å². The quantitative estimate of drug-likeness (QED) is 0.455. The Morgan fingerprint density at radius 1 is 0.931 bits per heavy atom. The summed E-state index contributed by atoms with van der Waals surface area (Å²) < 4.78 is 55.8. The zero-order valence-electron chi connectivity index (χ0n) is 17.0. The highest BCUT2D eigenvalue weighted by atomic mass is 19.2. The largest absolute Gasteiger partial charge is 0.450 e. The van der Waals surface area contributed by atoms with Gasteiger partial charge in [-0.1, -0.05) is 38.8 Å². The fraction of sp³-hybridized carbons (Fsp3) is 0.500. The Labute approximate surface area is 170 Å². The molecule has 0 N–H and O–H groups in total. The van der Waals surface area contributed by atoms with Crippen LogP contribution < -0.4 is 4.74 Å². The van der Waals surface area contributed by atoms with Gasteiger partial charge in [-0.25, -0.2) is 8.78 Å². The van der Waals surface area contributed by atoms with Gasteiger partial charge in [-0.05, 0) is 43.2 Å². The molecular formula is C24H27F3O2. The van der Waals surface area contributed by atoms with Crippen LogP contribution in [0, 0.1) is 23.4 Å². The van der Waals surface area contributed by atoms with Crippen molar-refractivity contribution in [1.29, 1.82) is 0 Å². The molecule has 156 valence electrons. The highest BCUT2D eigenvalue weighted by molar-refractivity contribution is 5.54. The summed E-state index contributed by atoms with van der Waals surface area (Å²) in [6.45, 7) is 4.69. The number of rotatable bonds is 5. The SMILES string of the molecule is CCCc1cc2c(c(F)c1F)Oc1c(ccc(C3CCC(CCC)CO3)c1F)C2. The van der Waals surface area contributed by atoms with E-state index in [4.69, 9.17) is 9.47 Å². The zero-order chi connectivity index (χ0) is 20.5. The van der Waals surface area contributed by atoms with Gasteiger partial charge in [0.05, 0.1) is 12.7 Å². The molecule has 2 atom stereocenters. The molecule has 0 spiro atoms. The monoisotopic (exact) mass is 404 g/mol. The molecule has 0 radical (unpaired) electrons. The average Bonchev–Trinajstić information content (AvgIpc) is 2.72. The highest BCUT2D eigenvalue weighted by Crippen LogP contribution is 2.44. The van der Waals surface area contributed by atoms with Crippen molar-refractivity contribution in [3.63, 3.8) is 0 Å². The molecule has 2 unspecified atom stereocenters. The summed E-state index contributed by atoms with van der Waals surface area (Å²) >= 11 is 0. The summed E-state index contributed by atoms with van der Waals surface area (Å²) in [4.78, 5) is 0. The molecule has 4 rings (SSSR count). The predicted octanol–water partition coefficient (Wildman–Crippen LogP) is 7.02. The van der Waals surface area contributed by atoms with Gasteiger partial charge in [-0.3, -0.25) is 0 Å². The minimum Gasteiger partial charge on any atom is -0.450 e. The van der Waals surface area contributed by atoms with Gasteiger partial charge < -0.3 is 9.47 Å². The summed E-state index contributed by atoms with van der Waals surface area (Å²) in [5.74, 6) is -2.13. The van der Waals surface area contributed by atoms with E-state index in [-0.39, 0.29) is 17.6 Å². The van der Waals surface area contributed by atoms with Crippen molar-refractivity contribution in [1.82, 2.24) is 0 Å². The number of benzene rings is 2. The number of hydrogen-bond acceptors (Lipinski definition) is 2. The summed E-state index contributed by atoms with van der Waals surface area (Å²) in [7, 11) is 0. The van der Waals surface area contributed by atoms with Crippen LogP contribution in [0.15, 0.2) is 18.2 Å².